The number of nitrogens with two attached hydrogens (primary N) is 4. The number of fused-ring (bicyclic) bond motifs is 1. The Labute approximate surface area is 609 Å². The molecule has 37 nitrogen and oxygen atoms in total. The third-order valence-corrected chi connectivity index (χ3v) is 18.3. The van der Waals surface area contributed by atoms with E-state index in [1.165, 1.54) is 22.3 Å². The zero-order valence-corrected chi connectivity index (χ0v) is 58.9. The Morgan fingerprint density at radius 3 is 1.89 bits per heavy atom. The molecule has 4 aromatic rings. The van der Waals surface area contributed by atoms with Gasteiger partial charge in [-0.05, 0) is 107 Å². The highest BCUT2D eigenvalue weighted by Gasteiger charge is 2.45. The number of aromatic nitrogens is 3. The SMILES string of the molecule is CC(=O)N[C@H]1CC(=O)NCCCC[C@@H](C(=O)N2CCC[C@H]2C(=O)N2CCC[C@H]2C(=O)N[C@@H](CCCCN)C(=O)N[C@@H](CC(=O)O)C(N)=O)NC(=O)[C@H](Cc2c[nH]c3ccccc23)NC(=O)[C@H](CCCN=C(N)N)NC(=O)[C@@H](Cc2ccccc2)NC(=O)[C@H](Cc2cnc[nH]2)NC(=O)[C@H](CCC(=O)O)NC1=O. The predicted octanol–water partition coefficient (Wildman–Crippen LogP) is -4.02. The second-order valence-electron chi connectivity index (χ2n) is 26.4. The summed E-state index contributed by atoms with van der Waals surface area (Å²) < 4.78 is 0. The number of aliphatic carboxylic acids is 2. The Morgan fingerprint density at radius 2 is 1.25 bits per heavy atom. The number of primary amides is 1. The quantitative estimate of drug-likeness (QED) is 0.0154. The lowest BCUT2D eigenvalue weighted by molar-refractivity contribution is -0.148. The van der Waals surface area contributed by atoms with Gasteiger partial charge in [0.05, 0.1) is 19.2 Å². The number of aliphatic imine (C=N–C) groups is 1. The molecule has 574 valence electrons. The van der Waals surface area contributed by atoms with E-state index in [-0.39, 0.29) is 116 Å². The molecule has 0 aliphatic carbocycles. The van der Waals surface area contributed by atoms with Crippen molar-refractivity contribution in [2.45, 2.75) is 195 Å². The number of hydrogen-bond donors (Lipinski definition) is 18. The molecule has 3 aliphatic rings. The van der Waals surface area contributed by atoms with Gasteiger partial charge in [0.15, 0.2) is 5.96 Å². The van der Waals surface area contributed by atoms with Crippen molar-refractivity contribution in [3.63, 3.8) is 0 Å². The number of nitrogens with one attached hydrogen (secondary N) is 12. The van der Waals surface area contributed by atoms with Crippen LogP contribution in [0.3, 0.4) is 0 Å². The molecule has 0 saturated carbocycles. The second-order valence-corrected chi connectivity index (χ2v) is 26.4. The van der Waals surface area contributed by atoms with Crippen LogP contribution in [0.25, 0.3) is 10.9 Å². The number of guanidine groups is 1. The number of H-pyrrole nitrogens is 2. The molecule has 0 spiro atoms. The molecule has 2 aromatic carbocycles. The molecule has 5 heterocycles. The summed E-state index contributed by atoms with van der Waals surface area (Å²) in [5, 5.41) is 46.0. The summed E-state index contributed by atoms with van der Waals surface area (Å²) in [6.45, 7) is 1.17. The Bertz CT molecular complexity index is 3810. The maximum Gasteiger partial charge on any atom is 0.305 e. The molecule has 3 saturated heterocycles. The molecule has 3 aliphatic heterocycles. The van der Waals surface area contributed by atoms with Crippen LogP contribution in [-0.4, -0.2) is 229 Å². The number of imidazole rings is 1. The summed E-state index contributed by atoms with van der Waals surface area (Å²) in [6, 6.07) is -0.927. The van der Waals surface area contributed by atoms with Gasteiger partial charge >= 0.3 is 11.9 Å². The molecule has 2 aromatic heterocycles. The molecule has 106 heavy (non-hydrogen) atoms. The van der Waals surface area contributed by atoms with Crippen LogP contribution in [0.5, 0.6) is 0 Å². The van der Waals surface area contributed by atoms with Gasteiger partial charge in [0.2, 0.25) is 76.8 Å². The molecule has 0 bridgehead atoms. The second kappa shape index (κ2) is 40.5. The average Bonchev–Trinajstić information content (AvgIpc) is 1.64. The predicted molar refractivity (Wildman–Crippen MR) is 380 cm³/mol. The minimum absolute atomic E-state index is 0.00729. The lowest BCUT2D eigenvalue weighted by Gasteiger charge is -2.34. The van der Waals surface area contributed by atoms with Crippen LogP contribution in [0.15, 0.2) is 78.3 Å². The zero-order valence-electron chi connectivity index (χ0n) is 58.9. The summed E-state index contributed by atoms with van der Waals surface area (Å²) >= 11 is 0. The summed E-state index contributed by atoms with van der Waals surface area (Å²) in [4.78, 5) is 227. The van der Waals surface area contributed by atoms with Crippen LogP contribution < -0.4 is 76.1 Å². The van der Waals surface area contributed by atoms with Crippen molar-refractivity contribution in [3.8, 4) is 0 Å². The number of carboxylic acid groups (broad SMARTS) is 2. The van der Waals surface area contributed by atoms with Gasteiger partial charge in [-0.15, -0.1) is 0 Å². The maximum absolute atomic E-state index is 15.5. The molecular weight excluding hydrogens is 1380 g/mol. The van der Waals surface area contributed by atoms with E-state index in [2.05, 4.69) is 73.1 Å². The minimum atomic E-state index is -1.72. The Hall–Kier alpha value is -11.5. The topological polar surface area (TPSA) is 584 Å². The number of aromatic amines is 2. The summed E-state index contributed by atoms with van der Waals surface area (Å²) in [5.41, 5.74) is 24.5. The van der Waals surface area contributed by atoms with E-state index >= 15 is 24.0 Å². The largest absolute Gasteiger partial charge is 0.481 e. The first-order valence-electron chi connectivity index (χ1n) is 35.3. The van der Waals surface area contributed by atoms with Gasteiger partial charge in [0.1, 0.15) is 66.5 Å². The van der Waals surface area contributed by atoms with Crippen molar-refractivity contribution in [2.24, 2.45) is 27.9 Å². The highest BCUT2D eigenvalue weighted by molar-refractivity contribution is 6.01. The standard InChI is InChI=1S/C69H96N20O17/c1-38(90)79-52-33-55(91)75-26-10-8-19-47(67(105)89-29-13-22-54(89)68(106)88-28-12-21-53(88)66(104)82-44(18-7-9-25-70)59(97)84-48(58(71)96)34-57(94)95)83-63(101)50(31-40-35-77-43-17-6-5-16-42(40)43)86-60(98)45(20-11-27-76-69(72)73)80-62(100)49(30-39-14-3-2-4-15-39)85-64(102)51(32-41-36-74-37-78-41)87-61(99)46(81-65(52)103)23-24-56(92)93/h2-6,14-17,35-37,44-54,77H,7-13,18-34,70H2,1H3,(H2,71,96)(H,74,78)(H,75,91)(H,79,90)(H,80,100)(H,81,103)(H,82,104)(H,83,101)(H,84,97)(H,85,102)(H,86,98)(H,87,99)(H,92,93)(H,94,95)(H4,72,73,76)/t44-,45-,46-,47-,48-,49+,50-,51-,52-,53-,54-/m0/s1. The molecule has 0 unspecified atom stereocenters. The first-order chi connectivity index (χ1) is 50.7. The van der Waals surface area contributed by atoms with Crippen molar-refractivity contribution in [1.82, 2.24) is 77.9 Å². The third kappa shape index (κ3) is 24.8. The van der Waals surface area contributed by atoms with Gasteiger partial charge in [-0.3, -0.25) is 76.9 Å². The highest BCUT2D eigenvalue weighted by atomic mass is 16.4. The van der Waals surface area contributed by atoms with E-state index < -0.39 is 181 Å². The van der Waals surface area contributed by atoms with Crippen LogP contribution in [0.1, 0.15) is 126 Å². The molecular formula is C69H96N20O17. The Kier molecular flexibility index (Phi) is 31.2. The van der Waals surface area contributed by atoms with Crippen LogP contribution >= 0.6 is 0 Å². The van der Waals surface area contributed by atoms with E-state index in [9.17, 15) is 58.2 Å². The molecule has 37 heteroatoms. The van der Waals surface area contributed by atoms with Crippen molar-refractivity contribution in [3.05, 3.63) is 90.1 Å². The van der Waals surface area contributed by atoms with Gasteiger partial charge in [-0.1, -0.05) is 48.5 Å². The van der Waals surface area contributed by atoms with Crippen molar-refractivity contribution in [1.29, 1.82) is 0 Å². The number of rotatable bonds is 27. The Balaban J connectivity index is 1.26. The number of amides is 13. The fourth-order valence-electron chi connectivity index (χ4n) is 12.9. The minimum Gasteiger partial charge on any atom is -0.481 e. The lowest BCUT2D eigenvalue weighted by Crippen LogP contribution is -2.61. The molecule has 13 amide bonds. The Morgan fingerprint density at radius 1 is 0.632 bits per heavy atom. The van der Waals surface area contributed by atoms with Gasteiger partial charge in [0.25, 0.3) is 0 Å². The molecule has 0 radical (unpaired) electrons. The number of likely N-dealkylation sites (tertiary alicyclic amines) is 2. The van der Waals surface area contributed by atoms with E-state index in [1.54, 1.807) is 60.8 Å². The molecule has 22 N–H and O–H groups in total. The van der Waals surface area contributed by atoms with Crippen molar-refractivity contribution < 1.29 is 82.1 Å². The summed E-state index contributed by atoms with van der Waals surface area (Å²) in [5.74, 6) is -14.7. The van der Waals surface area contributed by atoms with Crippen molar-refractivity contribution >= 4 is 106 Å². The fraction of sp³-hybridized carbons (Fsp3) is 0.522. The maximum atomic E-state index is 15.5. The highest BCUT2D eigenvalue weighted by Crippen LogP contribution is 2.28. The zero-order chi connectivity index (χ0) is 77.0. The molecule has 7 rings (SSSR count). The van der Waals surface area contributed by atoms with Gasteiger partial charge in [-0.2, -0.15) is 0 Å². The van der Waals surface area contributed by atoms with Crippen molar-refractivity contribution in [2.75, 3.05) is 32.7 Å². The van der Waals surface area contributed by atoms with Crippen LogP contribution in [0.2, 0.25) is 0 Å². The number of carbonyl (C=O) groups excluding carboxylic acids is 13. The summed E-state index contributed by atoms with van der Waals surface area (Å²) in [6.07, 6.45) is 2.14. The van der Waals surface area contributed by atoms with Crippen LogP contribution in [-0.2, 0) is 91.2 Å². The first-order valence-corrected chi connectivity index (χ1v) is 35.3. The number of nitrogens with zero attached hydrogens (tertiary/aromatic N) is 4. The summed E-state index contributed by atoms with van der Waals surface area (Å²) in [7, 11) is 0. The van der Waals surface area contributed by atoms with Crippen LogP contribution in [0, 0.1) is 0 Å². The smallest absolute Gasteiger partial charge is 0.305 e. The number of unbranched alkanes of at least 4 members (excludes halogenated alkanes) is 1. The van der Waals surface area contributed by atoms with E-state index in [0.717, 1.165) is 6.92 Å². The number of benzene rings is 2. The van der Waals surface area contributed by atoms with E-state index in [0.29, 0.717) is 47.0 Å². The number of carboxylic acids is 2. The molecule has 3 fully saturated rings. The normalized spacial score (nSPS) is 22.5. The van der Waals surface area contributed by atoms with E-state index in [1.807, 2.05) is 0 Å². The van der Waals surface area contributed by atoms with Gasteiger partial charge < -0.3 is 106 Å². The lowest BCUT2D eigenvalue weighted by atomic mass is 10.0. The van der Waals surface area contributed by atoms with E-state index in [4.69, 9.17) is 22.9 Å². The molecule has 11 atom stereocenters. The van der Waals surface area contributed by atoms with Gasteiger partial charge in [0, 0.05) is 87.8 Å². The first kappa shape index (κ1) is 81.8. The van der Waals surface area contributed by atoms with Crippen LogP contribution in [0.4, 0.5) is 0 Å². The third-order valence-electron chi connectivity index (χ3n) is 18.3. The number of para-hydroxylation sites is 1. The monoisotopic (exact) mass is 1480 g/mol. The fourth-order valence-corrected chi connectivity index (χ4v) is 12.9. The number of carbonyl (C=O) groups is 15. The number of hydrogen-bond acceptors (Lipinski definition) is 18. The average molecular weight is 1480 g/mol. The van der Waals surface area contributed by atoms with Gasteiger partial charge in [-0.25, -0.2) is 4.98 Å².